The van der Waals surface area contributed by atoms with Crippen molar-refractivity contribution in [3.63, 3.8) is 0 Å². The van der Waals surface area contributed by atoms with Crippen molar-refractivity contribution in [1.82, 2.24) is 0 Å². The van der Waals surface area contributed by atoms with E-state index in [-0.39, 0.29) is 25.5 Å². The Morgan fingerprint density at radius 2 is 1.76 bits per heavy atom. The quantitative estimate of drug-likeness (QED) is 0.363. The molecule has 0 saturated carbocycles. The number of carbonyl (C=O) groups is 2. The zero-order chi connectivity index (χ0) is 25.3. The van der Waals surface area contributed by atoms with Crippen molar-refractivity contribution in [3.05, 3.63) is 70.8 Å². The number of carbonyl (C=O) groups excluding carboxylic acids is 2. The van der Waals surface area contributed by atoms with E-state index >= 15 is 0 Å². The largest absolute Gasteiger partial charge is 0.491 e. The summed E-state index contributed by atoms with van der Waals surface area (Å²) in [6.45, 7) is 7.06. The molecular formula is C25H29F2NO6. The Balaban J connectivity index is 2.33. The van der Waals surface area contributed by atoms with Crippen molar-refractivity contribution in [3.8, 4) is 5.75 Å². The highest BCUT2D eigenvalue weighted by Gasteiger charge is 2.28. The Morgan fingerprint density at radius 3 is 2.35 bits per heavy atom. The second-order valence-corrected chi connectivity index (χ2v) is 7.53. The van der Waals surface area contributed by atoms with E-state index in [2.05, 4.69) is 5.32 Å². The first-order valence-corrected chi connectivity index (χ1v) is 10.8. The molecule has 0 bridgehead atoms. The predicted octanol–water partition coefficient (Wildman–Crippen LogP) is 5.16. The minimum Gasteiger partial charge on any atom is -0.491 e. The molecule has 0 aliphatic carbocycles. The second kappa shape index (κ2) is 12.7. The number of ether oxygens (including phenoxy) is 3. The van der Waals surface area contributed by atoms with Crippen molar-refractivity contribution in [2.75, 3.05) is 25.1 Å². The molecule has 184 valence electrons. The fourth-order valence-corrected chi connectivity index (χ4v) is 3.19. The normalized spacial score (nSPS) is 13.4. The lowest BCUT2D eigenvalue weighted by Gasteiger charge is -2.26. The van der Waals surface area contributed by atoms with Crippen LogP contribution in [0.25, 0.3) is 0 Å². The van der Waals surface area contributed by atoms with Gasteiger partial charge in [-0.2, -0.15) is 0 Å². The van der Waals surface area contributed by atoms with Crippen LogP contribution in [0, 0.1) is 17.6 Å². The van der Waals surface area contributed by atoms with E-state index in [0.29, 0.717) is 28.5 Å². The van der Waals surface area contributed by atoms with Gasteiger partial charge in [0.1, 0.15) is 30.1 Å². The molecule has 2 N–H and O–H groups in total. The van der Waals surface area contributed by atoms with Crippen LogP contribution in [0.1, 0.15) is 39.4 Å². The Kier molecular flexibility index (Phi) is 10.0. The van der Waals surface area contributed by atoms with Crippen molar-refractivity contribution in [2.24, 2.45) is 5.92 Å². The molecule has 7 nitrogen and oxygen atoms in total. The highest BCUT2D eigenvalue weighted by atomic mass is 19.1. The molecule has 0 aliphatic heterocycles. The number of esters is 1. The number of benzene rings is 2. The first-order valence-electron chi connectivity index (χ1n) is 10.8. The molecule has 0 spiro atoms. The van der Waals surface area contributed by atoms with Gasteiger partial charge in [0.2, 0.25) is 0 Å². The third kappa shape index (κ3) is 7.28. The van der Waals surface area contributed by atoms with Gasteiger partial charge in [-0.15, -0.1) is 0 Å². The molecule has 0 saturated heterocycles. The van der Waals surface area contributed by atoms with Gasteiger partial charge in [0.15, 0.2) is 0 Å². The highest BCUT2D eigenvalue weighted by Crippen LogP contribution is 2.34. The van der Waals surface area contributed by atoms with E-state index < -0.39 is 35.7 Å². The topological polar surface area (TPSA) is 94.1 Å². The van der Waals surface area contributed by atoms with Crippen molar-refractivity contribution < 1.29 is 37.7 Å². The van der Waals surface area contributed by atoms with Gasteiger partial charge in [0.25, 0.3) is 0 Å². The lowest BCUT2D eigenvalue weighted by Crippen LogP contribution is -2.24. The van der Waals surface area contributed by atoms with Gasteiger partial charge in [-0.05, 0) is 50.6 Å². The van der Waals surface area contributed by atoms with Crippen LogP contribution >= 0.6 is 0 Å². The molecule has 2 aromatic rings. The third-order valence-electron chi connectivity index (χ3n) is 5.28. The van der Waals surface area contributed by atoms with Gasteiger partial charge in [-0.1, -0.05) is 24.6 Å². The maximum absolute atomic E-state index is 14.0. The Labute approximate surface area is 197 Å². The Morgan fingerprint density at radius 1 is 1.09 bits per heavy atom. The monoisotopic (exact) mass is 477 g/mol. The number of aliphatic hydroxyl groups excluding tert-OH is 1. The summed E-state index contributed by atoms with van der Waals surface area (Å²) in [6.07, 6.45) is -1.82. The molecule has 34 heavy (non-hydrogen) atoms. The van der Waals surface area contributed by atoms with Crippen LogP contribution in [0.15, 0.2) is 53.6 Å². The Bertz CT molecular complexity index is 1020. The van der Waals surface area contributed by atoms with Crippen LogP contribution < -0.4 is 10.1 Å². The average molecular weight is 478 g/mol. The molecule has 0 aliphatic rings. The standard InChI is InChI=1S/C25H29F2NO6/c1-5-32-24(30)17(4)15(2)16(3)23(18-6-9-20(10-7-18)33-13-12-29)34-25(31)28-22-11-8-19(26)14-21(22)27/h6-11,14,16,23,29H,5,12-13H2,1-4H3,(H,28,31)/b17-15+/t16-,23-/m0/s1. The van der Waals surface area contributed by atoms with Crippen LogP contribution in [0.3, 0.4) is 0 Å². The fraction of sp³-hybridized carbons (Fsp3) is 0.360. The molecule has 9 heteroatoms. The SMILES string of the molecule is CCOC(=O)/C(C)=C(\C)[C@H](C)[C@H](OC(=O)Nc1ccc(F)cc1F)c1ccc(OCCO)cc1. The van der Waals surface area contributed by atoms with E-state index in [1.807, 2.05) is 0 Å². The van der Waals surface area contributed by atoms with Crippen LogP contribution in [-0.2, 0) is 14.3 Å². The number of nitrogens with one attached hydrogen (secondary N) is 1. The van der Waals surface area contributed by atoms with Crippen LogP contribution in [-0.4, -0.2) is 37.0 Å². The van der Waals surface area contributed by atoms with Gasteiger partial charge >= 0.3 is 12.1 Å². The first-order chi connectivity index (χ1) is 16.2. The minimum atomic E-state index is -0.954. The first kappa shape index (κ1) is 26.8. The summed E-state index contributed by atoms with van der Waals surface area (Å²) in [4.78, 5) is 24.8. The summed E-state index contributed by atoms with van der Waals surface area (Å²) in [5, 5.41) is 11.2. The molecule has 0 fully saturated rings. The molecule has 0 aromatic heterocycles. The predicted molar refractivity (Wildman–Crippen MR) is 122 cm³/mol. The van der Waals surface area contributed by atoms with Gasteiger partial charge in [-0.25, -0.2) is 18.4 Å². The minimum absolute atomic E-state index is 0.127. The third-order valence-corrected chi connectivity index (χ3v) is 5.28. The molecular weight excluding hydrogens is 448 g/mol. The number of rotatable bonds is 10. The summed E-state index contributed by atoms with van der Waals surface area (Å²) in [7, 11) is 0. The van der Waals surface area contributed by atoms with Crippen LogP contribution in [0.4, 0.5) is 19.3 Å². The fourth-order valence-electron chi connectivity index (χ4n) is 3.19. The summed E-state index contributed by atoms with van der Waals surface area (Å²) < 4.78 is 43.2. The van der Waals surface area contributed by atoms with Gasteiger partial charge in [0, 0.05) is 17.6 Å². The summed E-state index contributed by atoms with van der Waals surface area (Å²) in [6, 6.07) is 9.44. The van der Waals surface area contributed by atoms with Gasteiger partial charge < -0.3 is 19.3 Å². The summed E-state index contributed by atoms with van der Waals surface area (Å²) in [5.74, 6) is -2.14. The van der Waals surface area contributed by atoms with Crippen molar-refractivity contribution in [1.29, 1.82) is 0 Å². The van der Waals surface area contributed by atoms with E-state index in [9.17, 15) is 18.4 Å². The number of anilines is 1. The Hall–Kier alpha value is -3.46. The average Bonchev–Trinajstić information content (AvgIpc) is 2.82. The van der Waals surface area contributed by atoms with E-state index in [0.717, 1.165) is 12.1 Å². The van der Waals surface area contributed by atoms with Crippen LogP contribution in [0.2, 0.25) is 0 Å². The summed E-state index contributed by atoms with van der Waals surface area (Å²) >= 11 is 0. The number of halogens is 2. The second-order valence-electron chi connectivity index (χ2n) is 7.53. The number of hydrogen-bond donors (Lipinski definition) is 2. The van der Waals surface area contributed by atoms with Gasteiger partial charge in [0.05, 0.1) is 18.9 Å². The zero-order valence-corrected chi connectivity index (χ0v) is 19.6. The number of aliphatic hydroxyl groups is 1. The summed E-state index contributed by atoms with van der Waals surface area (Å²) in [5.41, 5.74) is 1.38. The molecule has 2 rings (SSSR count). The lowest BCUT2D eigenvalue weighted by molar-refractivity contribution is -0.138. The van der Waals surface area contributed by atoms with E-state index in [1.165, 1.54) is 0 Å². The van der Waals surface area contributed by atoms with E-state index in [1.54, 1.807) is 52.0 Å². The smallest absolute Gasteiger partial charge is 0.412 e. The molecule has 2 atom stereocenters. The molecule has 0 unspecified atom stereocenters. The molecule has 0 radical (unpaired) electrons. The van der Waals surface area contributed by atoms with Crippen molar-refractivity contribution >= 4 is 17.7 Å². The molecule has 1 amide bonds. The highest BCUT2D eigenvalue weighted by molar-refractivity contribution is 5.88. The number of hydrogen-bond acceptors (Lipinski definition) is 6. The maximum atomic E-state index is 14.0. The van der Waals surface area contributed by atoms with E-state index in [4.69, 9.17) is 19.3 Å². The van der Waals surface area contributed by atoms with Crippen LogP contribution in [0.5, 0.6) is 5.75 Å². The zero-order valence-electron chi connectivity index (χ0n) is 19.6. The molecule has 2 aromatic carbocycles. The van der Waals surface area contributed by atoms with Crippen molar-refractivity contribution in [2.45, 2.75) is 33.8 Å². The van der Waals surface area contributed by atoms with Gasteiger partial charge in [-0.3, -0.25) is 5.32 Å². The lowest BCUT2D eigenvalue weighted by atomic mass is 9.88. The number of amides is 1. The molecule has 0 heterocycles. The maximum Gasteiger partial charge on any atom is 0.412 e.